The van der Waals surface area contributed by atoms with Gasteiger partial charge in [0.2, 0.25) is 11.8 Å². The maximum atomic E-state index is 11.8. The van der Waals surface area contributed by atoms with Crippen molar-refractivity contribution in [3.63, 3.8) is 0 Å². The molecule has 4 N–H and O–H groups in total. The summed E-state index contributed by atoms with van der Waals surface area (Å²) in [6.07, 6.45) is 5.79. The number of hydrogen-bond acceptors (Lipinski definition) is 3. The summed E-state index contributed by atoms with van der Waals surface area (Å²) in [6, 6.07) is 0.488. The molecule has 2 aliphatic rings. The molecule has 0 aromatic heterocycles. The van der Waals surface area contributed by atoms with E-state index in [-0.39, 0.29) is 30.3 Å². The van der Waals surface area contributed by atoms with Gasteiger partial charge in [-0.05, 0) is 32.1 Å². The topological polar surface area (TPSA) is 84.2 Å². The fourth-order valence-electron chi connectivity index (χ4n) is 2.28. The molecule has 5 nitrogen and oxygen atoms in total. The first kappa shape index (κ1) is 12.4. The molecule has 0 aliphatic heterocycles. The van der Waals surface area contributed by atoms with E-state index in [1.54, 1.807) is 0 Å². The Morgan fingerprint density at radius 3 is 2.59 bits per heavy atom. The minimum absolute atomic E-state index is 0.00697. The summed E-state index contributed by atoms with van der Waals surface area (Å²) in [5, 5.41) is 5.54. The third-order valence-corrected chi connectivity index (χ3v) is 3.45. The number of amides is 2. The molecule has 0 saturated heterocycles. The zero-order valence-electron chi connectivity index (χ0n) is 10.1. The molecule has 0 bridgehead atoms. The first-order valence-electron chi connectivity index (χ1n) is 6.48. The van der Waals surface area contributed by atoms with Gasteiger partial charge < -0.3 is 16.4 Å². The van der Waals surface area contributed by atoms with E-state index >= 15 is 0 Å². The lowest BCUT2D eigenvalue weighted by molar-refractivity contribution is -0.129. The summed E-state index contributed by atoms with van der Waals surface area (Å²) in [5.74, 6) is -0.112. The largest absolute Gasteiger partial charge is 0.352 e. The summed E-state index contributed by atoms with van der Waals surface area (Å²) in [7, 11) is 0. The lowest BCUT2D eigenvalue weighted by Gasteiger charge is -2.25. The van der Waals surface area contributed by atoms with Gasteiger partial charge in [0, 0.05) is 18.0 Å². The van der Waals surface area contributed by atoms with Crippen LogP contribution in [0.4, 0.5) is 0 Å². The lowest BCUT2D eigenvalue weighted by Crippen LogP contribution is -2.42. The molecule has 96 valence electrons. The molecule has 2 amide bonds. The standard InChI is InChI=1S/C12H21N3O2/c13-9-3-1-2-8(6-9)12(17)14-7-11(16)15-10-4-5-10/h8-10H,1-7,13H2,(H,14,17)(H,15,16). The maximum absolute atomic E-state index is 11.8. The summed E-state index contributed by atoms with van der Waals surface area (Å²) >= 11 is 0. The molecule has 0 aromatic carbocycles. The highest BCUT2D eigenvalue weighted by molar-refractivity contribution is 5.86. The van der Waals surface area contributed by atoms with Crippen LogP contribution in [0.1, 0.15) is 38.5 Å². The van der Waals surface area contributed by atoms with Crippen molar-refractivity contribution in [2.45, 2.75) is 50.6 Å². The Balaban J connectivity index is 1.66. The zero-order valence-corrected chi connectivity index (χ0v) is 10.1. The van der Waals surface area contributed by atoms with E-state index in [2.05, 4.69) is 10.6 Å². The van der Waals surface area contributed by atoms with Crippen LogP contribution < -0.4 is 16.4 Å². The van der Waals surface area contributed by atoms with Crippen LogP contribution in [-0.2, 0) is 9.59 Å². The Morgan fingerprint density at radius 1 is 1.18 bits per heavy atom. The molecule has 2 atom stereocenters. The predicted octanol–water partition coefficient (Wildman–Crippen LogP) is -0.101. The second-order valence-electron chi connectivity index (χ2n) is 5.18. The van der Waals surface area contributed by atoms with Crippen LogP contribution in [0.15, 0.2) is 0 Å². The van der Waals surface area contributed by atoms with Crippen molar-refractivity contribution in [1.29, 1.82) is 0 Å². The number of nitrogens with two attached hydrogens (primary N) is 1. The fraction of sp³-hybridized carbons (Fsp3) is 0.833. The first-order chi connectivity index (χ1) is 8.15. The molecule has 0 heterocycles. The van der Waals surface area contributed by atoms with Crippen molar-refractivity contribution < 1.29 is 9.59 Å². The van der Waals surface area contributed by atoms with Gasteiger partial charge in [-0.1, -0.05) is 6.42 Å². The third kappa shape index (κ3) is 4.00. The van der Waals surface area contributed by atoms with Crippen molar-refractivity contribution in [3.8, 4) is 0 Å². The van der Waals surface area contributed by atoms with Crippen molar-refractivity contribution in [1.82, 2.24) is 10.6 Å². The highest BCUT2D eigenvalue weighted by Crippen LogP contribution is 2.23. The molecule has 17 heavy (non-hydrogen) atoms. The molecule has 2 fully saturated rings. The molecule has 0 spiro atoms. The molecule has 2 saturated carbocycles. The Hall–Kier alpha value is -1.10. The van der Waals surface area contributed by atoms with Crippen LogP contribution in [0.2, 0.25) is 0 Å². The average Bonchev–Trinajstić information content (AvgIpc) is 3.10. The third-order valence-electron chi connectivity index (χ3n) is 3.45. The normalized spacial score (nSPS) is 28.5. The summed E-state index contributed by atoms with van der Waals surface area (Å²) < 4.78 is 0. The number of carbonyl (C=O) groups is 2. The smallest absolute Gasteiger partial charge is 0.239 e. The van der Waals surface area contributed by atoms with Gasteiger partial charge in [-0.2, -0.15) is 0 Å². The van der Waals surface area contributed by atoms with E-state index in [4.69, 9.17) is 5.73 Å². The van der Waals surface area contributed by atoms with Crippen LogP contribution in [0.3, 0.4) is 0 Å². The van der Waals surface area contributed by atoms with Crippen LogP contribution in [-0.4, -0.2) is 30.4 Å². The average molecular weight is 239 g/mol. The van der Waals surface area contributed by atoms with E-state index in [0.717, 1.165) is 38.5 Å². The molecule has 0 aromatic rings. The van der Waals surface area contributed by atoms with E-state index in [1.807, 2.05) is 0 Å². The molecule has 2 aliphatic carbocycles. The SMILES string of the molecule is NC1CCCC(C(=O)NCC(=O)NC2CC2)C1. The van der Waals surface area contributed by atoms with Gasteiger partial charge in [-0.15, -0.1) is 0 Å². The summed E-state index contributed by atoms with van der Waals surface area (Å²) in [5.41, 5.74) is 5.83. The second-order valence-corrected chi connectivity index (χ2v) is 5.18. The fourth-order valence-corrected chi connectivity index (χ4v) is 2.28. The number of nitrogens with one attached hydrogen (secondary N) is 2. The van der Waals surface area contributed by atoms with Crippen LogP contribution in [0.5, 0.6) is 0 Å². The zero-order chi connectivity index (χ0) is 12.3. The van der Waals surface area contributed by atoms with Gasteiger partial charge in [0.1, 0.15) is 0 Å². The van der Waals surface area contributed by atoms with Gasteiger partial charge >= 0.3 is 0 Å². The first-order valence-corrected chi connectivity index (χ1v) is 6.48. The van der Waals surface area contributed by atoms with Crippen molar-refractivity contribution in [2.75, 3.05) is 6.54 Å². The summed E-state index contributed by atoms with van der Waals surface area (Å²) in [4.78, 5) is 23.2. The monoisotopic (exact) mass is 239 g/mol. The molecular weight excluding hydrogens is 218 g/mol. The van der Waals surface area contributed by atoms with Gasteiger partial charge in [0.05, 0.1) is 6.54 Å². The highest BCUT2D eigenvalue weighted by Gasteiger charge is 2.26. The molecule has 0 radical (unpaired) electrons. The second kappa shape index (κ2) is 5.49. The number of hydrogen-bond donors (Lipinski definition) is 3. The van der Waals surface area contributed by atoms with Gasteiger partial charge in [0.25, 0.3) is 0 Å². The molecule has 2 rings (SSSR count). The molecular formula is C12H21N3O2. The Labute approximate surface area is 102 Å². The van der Waals surface area contributed by atoms with Gasteiger partial charge in [-0.3, -0.25) is 9.59 Å². The highest BCUT2D eigenvalue weighted by atomic mass is 16.2. The minimum atomic E-state index is -0.0824. The van der Waals surface area contributed by atoms with Crippen LogP contribution >= 0.6 is 0 Å². The quantitative estimate of drug-likeness (QED) is 0.640. The maximum Gasteiger partial charge on any atom is 0.239 e. The minimum Gasteiger partial charge on any atom is -0.352 e. The molecule has 5 heteroatoms. The van der Waals surface area contributed by atoms with E-state index in [0.29, 0.717) is 6.04 Å². The lowest BCUT2D eigenvalue weighted by atomic mass is 9.85. The van der Waals surface area contributed by atoms with Gasteiger partial charge in [-0.25, -0.2) is 0 Å². The van der Waals surface area contributed by atoms with E-state index < -0.39 is 0 Å². The van der Waals surface area contributed by atoms with Crippen molar-refractivity contribution in [2.24, 2.45) is 11.7 Å². The van der Waals surface area contributed by atoms with Crippen LogP contribution in [0, 0.1) is 5.92 Å². The van der Waals surface area contributed by atoms with Crippen molar-refractivity contribution in [3.05, 3.63) is 0 Å². The van der Waals surface area contributed by atoms with Gasteiger partial charge in [0.15, 0.2) is 0 Å². The Kier molecular flexibility index (Phi) is 3.99. The van der Waals surface area contributed by atoms with E-state index in [9.17, 15) is 9.59 Å². The van der Waals surface area contributed by atoms with Crippen molar-refractivity contribution >= 4 is 11.8 Å². The number of carbonyl (C=O) groups excluding carboxylic acids is 2. The summed E-state index contributed by atoms with van der Waals surface area (Å²) in [6.45, 7) is 0.0983. The Bertz CT molecular complexity index is 302. The Morgan fingerprint density at radius 2 is 1.94 bits per heavy atom. The number of rotatable bonds is 4. The van der Waals surface area contributed by atoms with Crippen LogP contribution in [0.25, 0.3) is 0 Å². The van der Waals surface area contributed by atoms with E-state index in [1.165, 1.54) is 0 Å². The predicted molar refractivity (Wildman–Crippen MR) is 64.1 cm³/mol. The molecule has 2 unspecified atom stereocenters.